The number of halogens is 1. The average Bonchev–Trinajstić information content (AvgIpc) is 2.37. The SMILES string of the molecule is CCC(C)(C)C(O)c1cc(OC)c(OC)cc1F. The van der Waals surface area contributed by atoms with E-state index in [0.29, 0.717) is 11.5 Å². The van der Waals surface area contributed by atoms with Crippen molar-refractivity contribution >= 4 is 0 Å². The smallest absolute Gasteiger partial charge is 0.163 e. The molecule has 0 spiro atoms. The van der Waals surface area contributed by atoms with E-state index < -0.39 is 17.3 Å². The van der Waals surface area contributed by atoms with Crippen LogP contribution in [0.4, 0.5) is 4.39 Å². The van der Waals surface area contributed by atoms with Gasteiger partial charge in [-0.25, -0.2) is 4.39 Å². The van der Waals surface area contributed by atoms with Gasteiger partial charge in [-0.3, -0.25) is 0 Å². The summed E-state index contributed by atoms with van der Waals surface area (Å²) in [6.07, 6.45) is -0.149. The third-order valence-electron chi connectivity index (χ3n) is 3.45. The second-order valence-corrected chi connectivity index (χ2v) is 4.97. The van der Waals surface area contributed by atoms with Gasteiger partial charge in [0.1, 0.15) is 5.82 Å². The van der Waals surface area contributed by atoms with E-state index in [1.165, 1.54) is 26.4 Å². The van der Waals surface area contributed by atoms with E-state index in [-0.39, 0.29) is 5.56 Å². The van der Waals surface area contributed by atoms with E-state index in [9.17, 15) is 9.50 Å². The van der Waals surface area contributed by atoms with E-state index >= 15 is 0 Å². The van der Waals surface area contributed by atoms with Crippen LogP contribution >= 0.6 is 0 Å². The molecule has 0 aromatic heterocycles. The summed E-state index contributed by atoms with van der Waals surface area (Å²) in [4.78, 5) is 0. The molecule has 0 aliphatic rings. The van der Waals surface area contributed by atoms with Crippen LogP contribution in [0.5, 0.6) is 11.5 Å². The first kappa shape index (κ1) is 14.8. The number of ether oxygens (including phenoxy) is 2. The van der Waals surface area contributed by atoms with Crippen molar-refractivity contribution in [1.29, 1.82) is 0 Å². The standard InChI is InChI=1S/C14H21FO3/c1-6-14(2,3)13(16)9-7-11(17-4)12(18-5)8-10(9)15/h7-8,13,16H,6H2,1-5H3. The summed E-state index contributed by atoms with van der Waals surface area (Å²) in [5.74, 6) is 0.252. The molecule has 0 radical (unpaired) electrons. The predicted octanol–water partition coefficient (Wildman–Crippen LogP) is 3.31. The van der Waals surface area contributed by atoms with E-state index in [2.05, 4.69) is 0 Å². The maximum Gasteiger partial charge on any atom is 0.163 e. The van der Waals surface area contributed by atoms with Crippen LogP contribution in [0.2, 0.25) is 0 Å². The fourth-order valence-electron chi connectivity index (χ4n) is 1.69. The molecule has 4 heteroatoms. The Balaban J connectivity index is 3.25. The maximum atomic E-state index is 14.0. The van der Waals surface area contributed by atoms with Crippen molar-refractivity contribution in [1.82, 2.24) is 0 Å². The van der Waals surface area contributed by atoms with Crippen molar-refractivity contribution in [2.75, 3.05) is 14.2 Å². The second kappa shape index (κ2) is 5.57. The first-order valence-electron chi connectivity index (χ1n) is 5.96. The molecular weight excluding hydrogens is 235 g/mol. The molecule has 0 fully saturated rings. The van der Waals surface area contributed by atoms with Gasteiger partial charge in [-0.1, -0.05) is 20.8 Å². The van der Waals surface area contributed by atoms with Crippen molar-refractivity contribution in [2.45, 2.75) is 33.3 Å². The van der Waals surface area contributed by atoms with Crippen molar-refractivity contribution in [3.8, 4) is 11.5 Å². The molecule has 18 heavy (non-hydrogen) atoms. The molecular formula is C14H21FO3. The predicted molar refractivity (Wildman–Crippen MR) is 68.5 cm³/mol. The van der Waals surface area contributed by atoms with Gasteiger partial charge in [0.15, 0.2) is 11.5 Å². The lowest BCUT2D eigenvalue weighted by atomic mass is 9.80. The van der Waals surface area contributed by atoms with Crippen LogP contribution in [-0.2, 0) is 0 Å². The molecule has 0 saturated carbocycles. The van der Waals surface area contributed by atoms with Crippen LogP contribution in [-0.4, -0.2) is 19.3 Å². The number of methoxy groups -OCH3 is 2. The van der Waals surface area contributed by atoms with Gasteiger partial charge in [-0.2, -0.15) is 0 Å². The zero-order chi connectivity index (χ0) is 13.9. The number of hydrogen-bond donors (Lipinski definition) is 1. The molecule has 1 unspecified atom stereocenters. The van der Waals surface area contributed by atoms with Crippen LogP contribution in [0.3, 0.4) is 0 Å². The molecule has 1 N–H and O–H groups in total. The van der Waals surface area contributed by atoms with E-state index in [1.54, 1.807) is 0 Å². The molecule has 0 amide bonds. The number of hydrogen-bond acceptors (Lipinski definition) is 3. The Morgan fingerprint density at radius 3 is 2.17 bits per heavy atom. The topological polar surface area (TPSA) is 38.7 Å². The van der Waals surface area contributed by atoms with Crippen LogP contribution in [0.25, 0.3) is 0 Å². The van der Waals surface area contributed by atoms with Crippen molar-refractivity contribution < 1.29 is 19.0 Å². The normalized spacial score (nSPS) is 13.3. The van der Waals surface area contributed by atoms with E-state index in [4.69, 9.17) is 9.47 Å². The highest BCUT2D eigenvalue weighted by molar-refractivity contribution is 5.44. The van der Waals surface area contributed by atoms with Gasteiger partial charge in [-0.05, 0) is 17.9 Å². The molecule has 1 aromatic carbocycles. The van der Waals surface area contributed by atoms with Gasteiger partial charge >= 0.3 is 0 Å². The van der Waals surface area contributed by atoms with Crippen LogP contribution in [0.1, 0.15) is 38.9 Å². The molecule has 1 rings (SSSR count). The Bertz CT molecular complexity index is 416. The van der Waals surface area contributed by atoms with E-state index in [1.807, 2.05) is 20.8 Å². The lowest BCUT2D eigenvalue weighted by molar-refractivity contribution is 0.0433. The molecule has 0 saturated heterocycles. The fraction of sp³-hybridized carbons (Fsp3) is 0.571. The summed E-state index contributed by atoms with van der Waals surface area (Å²) in [5, 5.41) is 10.3. The Morgan fingerprint density at radius 1 is 1.22 bits per heavy atom. The number of rotatable bonds is 5. The van der Waals surface area contributed by atoms with Gasteiger partial charge < -0.3 is 14.6 Å². The van der Waals surface area contributed by atoms with Crippen LogP contribution in [0, 0.1) is 11.2 Å². The van der Waals surface area contributed by atoms with Crippen molar-refractivity contribution in [2.24, 2.45) is 5.41 Å². The molecule has 0 bridgehead atoms. The molecule has 0 heterocycles. The van der Waals surface area contributed by atoms with E-state index in [0.717, 1.165) is 6.42 Å². The zero-order valence-corrected chi connectivity index (χ0v) is 11.6. The summed E-state index contributed by atoms with van der Waals surface area (Å²) in [6.45, 7) is 5.75. The minimum absolute atomic E-state index is 0.236. The first-order valence-corrected chi connectivity index (χ1v) is 5.96. The van der Waals surface area contributed by atoms with Crippen LogP contribution < -0.4 is 9.47 Å². The van der Waals surface area contributed by atoms with Gasteiger partial charge in [0.2, 0.25) is 0 Å². The number of aliphatic hydroxyl groups excluding tert-OH is 1. The van der Waals surface area contributed by atoms with Crippen molar-refractivity contribution in [3.05, 3.63) is 23.5 Å². The Morgan fingerprint density at radius 2 is 1.72 bits per heavy atom. The highest BCUT2D eigenvalue weighted by Gasteiger charge is 2.30. The maximum absolute atomic E-state index is 14.0. The number of aliphatic hydroxyl groups is 1. The lowest BCUT2D eigenvalue weighted by Crippen LogP contribution is -2.22. The largest absolute Gasteiger partial charge is 0.493 e. The van der Waals surface area contributed by atoms with Gasteiger partial charge in [-0.15, -0.1) is 0 Å². The van der Waals surface area contributed by atoms with Crippen LogP contribution in [0.15, 0.2) is 12.1 Å². The zero-order valence-electron chi connectivity index (χ0n) is 11.6. The third kappa shape index (κ3) is 2.75. The summed E-state index contributed by atoms with van der Waals surface area (Å²) in [6, 6.07) is 2.74. The molecule has 1 aromatic rings. The third-order valence-corrected chi connectivity index (χ3v) is 3.45. The molecule has 102 valence electrons. The highest BCUT2D eigenvalue weighted by atomic mass is 19.1. The van der Waals surface area contributed by atoms with Gasteiger partial charge in [0.25, 0.3) is 0 Å². The monoisotopic (exact) mass is 256 g/mol. The Kier molecular flexibility index (Phi) is 4.57. The fourth-order valence-corrected chi connectivity index (χ4v) is 1.69. The summed E-state index contributed by atoms with van der Waals surface area (Å²) >= 11 is 0. The Hall–Kier alpha value is -1.29. The lowest BCUT2D eigenvalue weighted by Gasteiger charge is -2.30. The van der Waals surface area contributed by atoms with Crippen molar-refractivity contribution in [3.63, 3.8) is 0 Å². The summed E-state index contributed by atoms with van der Waals surface area (Å²) in [7, 11) is 2.93. The average molecular weight is 256 g/mol. The molecule has 3 nitrogen and oxygen atoms in total. The Labute approximate surface area is 108 Å². The highest BCUT2D eigenvalue weighted by Crippen LogP contribution is 2.40. The molecule has 1 atom stereocenters. The quantitative estimate of drug-likeness (QED) is 0.878. The summed E-state index contributed by atoms with van der Waals surface area (Å²) in [5.41, 5.74) is -0.167. The summed E-state index contributed by atoms with van der Waals surface area (Å²) < 4.78 is 24.1. The molecule has 0 aliphatic carbocycles. The molecule has 0 aliphatic heterocycles. The first-order chi connectivity index (χ1) is 8.37. The minimum atomic E-state index is -0.887. The van der Waals surface area contributed by atoms with Gasteiger partial charge in [0, 0.05) is 11.6 Å². The minimum Gasteiger partial charge on any atom is -0.493 e. The van der Waals surface area contributed by atoms with Gasteiger partial charge in [0.05, 0.1) is 20.3 Å². The second-order valence-electron chi connectivity index (χ2n) is 4.97. The number of benzene rings is 1.